The Kier molecular flexibility index (Phi) is 4.99. The number of amides is 1. The summed E-state index contributed by atoms with van der Waals surface area (Å²) in [6, 6.07) is 12.5. The van der Waals surface area contributed by atoms with Crippen LogP contribution in [0.15, 0.2) is 42.5 Å². The summed E-state index contributed by atoms with van der Waals surface area (Å²) in [6.07, 6.45) is 0.659. The molecule has 0 aliphatic rings. The zero-order valence-corrected chi connectivity index (χ0v) is 12.4. The van der Waals surface area contributed by atoms with E-state index in [0.29, 0.717) is 22.3 Å². The highest BCUT2D eigenvalue weighted by molar-refractivity contribution is 6.31. The van der Waals surface area contributed by atoms with E-state index in [1.807, 2.05) is 31.2 Å². The third-order valence-electron chi connectivity index (χ3n) is 2.81. The fraction of sp³-hybridized carbons (Fsp3) is 0.200. The highest BCUT2D eigenvalue weighted by Crippen LogP contribution is 2.16. The summed E-state index contributed by atoms with van der Waals surface area (Å²) >= 11 is 11.9. The molecule has 1 heterocycles. The number of nitrogens with one attached hydrogen (secondary N) is 1. The fourth-order valence-corrected chi connectivity index (χ4v) is 2.25. The summed E-state index contributed by atoms with van der Waals surface area (Å²) in [5.41, 5.74) is 1.31. The Morgan fingerprint density at radius 3 is 2.65 bits per heavy atom. The Hall–Kier alpha value is -1.58. The largest absolute Gasteiger partial charge is 0.348 e. The second-order valence-electron chi connectivity index (χ2n) is 4.52. The predicted octanol–water partition coefficient (Wildman–Crippen LogP) is 3.75. The normalized spacial score (nSPS) is 11.9. The molecule has 2 aromatic rings. The van der Waals surface area contributed by atoms with Gasteiger partial charge < -0.3 is 5.32 Å². The molecule has 0 fully saturated rings. The average Bonchev–Trinajstić information content (AvgIpc) is 2.41. The van der Waals surface area contributed by atoms with Crippen LogP contribution in [0.2, 0.25) is 10.2 Å². The van der Waals surface area contributed by atoms with Crippen molar-refractivity contribution in [2.24, 2.45) is 0 Å². The third-order valence-corrected chi connectivity index (χ3v) is 3.39. The van der Waals surface area contributed by atoms with Crippen molar-refractivity contribution in [3.63, 3.8) is 0 Å². The van der Waals surface area contributed by atoms with Crippen molar-refractivity contribution in [1.29, 1.82) is 0 Å². The first-order valence-electron chi connectivity index (χ1n) is 6.23. The van der Waals surface area contributed by atoms with Crippen LogP contribution in [0.4, 0.5) is 0 Å². The molecule has 0 aliphatic heterocycles. The van der Waals surface area contributed by atoms with E-state index in [0.717, 1.165) is 5.56 Å². The molecule has 1 aromatic carbocycles. The molecule has 5 heteroatoms. The van der Waals surface area contributed by atoms with Gasteiger partial charge in [-0.2, -0.15) is 0 Å². The van der Waals surface area contributed by atoms with Gasteiger partial charge in [0.25, 0.3) is 5.91 Å². The first-order chi connectivity index (χ1) is 9.56. The Morgan fingerprint density at radius 2 is 1.95 bits per heavy atom. The Bertz CT molecular complexity index is 616. The lowest BCUT2D eigenvalue weighted by molar-refractivity contribution is 0.0935. The van der Waals surface area contributed by atoms with Gasteiger partial charge in [-0.3, -0.25) is 4.79 Å². The van der Waals surface area contributed by atoms with E-state index in [9.17, 15) is 4.79 Å². The molecule has 0 aliphatic carbocycles. The van der Waals surface area contributed by atoms with Gasteiger partial charge in [-0.25, -0.2) is 4.98 Å². The third kappa shape index (κ3) is 3.95. The molecule has 0 spiro atoms. The Balaban J connectivity index is 2.00. The predicted molar refractivity (Wildman–Crippen MR) is 81.3 cm³/mol. The standard InChI is InChI=1S/C15H14Cl2N2O/c1-10(9-11-5-2-3-6-12(11)16)18-15(20)13-7-4-8-14(17)19-13/h2-8,10H,9H2,1H3,(H,18,20). The van der Waals surface area contributed by atoms with Crippen LogP contribution in [0.1, 0.15) is 23.0 Å². The number of aromatic nitrogens is 1. The maximum absolute atomic E-state index is 12.0. The molecule has 0 radical (unpaired) electrons. The van der Waals surface area contributed by atoms with Crippen LogP contribution in [-0.2, 0) is 6.42 Å². The Labute approximate surface area is 127 Å². The minimum Gasteiger partial charge on any atom is -0.348 e. The molecule has 3 nitrogen and oxygen atoms in total. The van der Waals surface area contributed by atoms with Crippen molar-refractivity contribution in [2.75, 3.05) is 0 Å². The lowest BCUT2D eigenvalue weighted by Crippen LogP contribution is -2.34. The molecule has 20 heavy (non-hydrogen) atoms. The van der Waals surface area contributed by atoms with Crippen LogP contribution in [-0.4, -0.2) is 16.9 Å². The summed E-state index contributed by atoms with van der Waals surface area (Å²) in [7, 11) is 0. The summed E-state index contributed by atoms with van der Waals surface area (Å²) in [5.74, 6) is -0.243. The van der Waals surface area contributed by atoms with Gasteiger partial charge >= 0.3 is 0 Å². The molecule has 0 bridgehead atoms. The van der Waals surface area contributed by atoms with Gasteiger partial charge in [0.1, 0.15) is 10.8 Å². The first kappa shape index (κ1) is 14.8. The van der Waals surface area contributed by atoms with Gasteiger partial charge in [0.2, 0.25) is 0 Å². The molecular formula is C15H14Cl2N2O. The van der Waals surface area contributed by atoms with Crippen LogP contribution in [0, 0.1) is 0 Å². The molecule has 104 valence electrons. The van der Waals surface area contributed by atoms with Crippen molar-refractivity contribution < 1.29 is 4.79 Å². The molecular weight excluding hydrogens is 295 g/mol. The zero-order chi connectivity index (χ0) is 14.5. The molecule has 0 saturated carbocycles. The van der Waals surface area contributed by atoms with Gasteiger partial charge in [-0.1, -0.05) is 47.5 Å². The topological polar surface area (TPSA) is 42.0 Å². The maximum Gasteiger partial charge on any atom is 0.270 e. The SMILES string of the molecule is CC(Cc1ccccc1Cl)NC(=O)c1cccc(Cl)n1. The summed E-state index contributed by atoms with van der Waals surface area (Å²) in [4.78, 5) is 16.0. The molecule has 1 unspecified atom stereocenters. The van der Waals surface area contributed by atoms with Gasteiger partial charge in [0.05, 0.1) is 0 Å². The molecule has 1 aromatic heterocycles. The average molecular weight is 309 g/mol. The number of rotatable bonds is 4. The van der Waals surface area contributed by atoms with Crippen molar-refractivity contribution in [3.05, 3.63) is 63.9 Å². The van der Waals surface area contributed by atoms with E-state index in [1.165, 1.54) is 0 Å². The molecule has 0 saturated heterocycles. The fourth-order valence-electron chi connectivity index (χ4n) is 1.88. The number of carbonyl (C=O) groups excluding carboxylic acids is 1. The molecule has 1 amide bonds. The van der Waals surface area contributed by atoms with E-state index in [1.54, 1.807) is 18.2 Å². The lowest BCUT2D eigenvalue weighted by atomic mass is 10.1. The number of pyridine rings is 1. The summed E-state index contributed by atoms with van der Waals surface area (Å²) in [6.45, 7) is 1.92. The van der Waals surface area contributed by atoms with Gasteiger partial charge in [0, 0.05) is 11.1 Å². The molecule has 1 N–H and O–H groups in total. The van der Waals surface area contributed by atoms with E-state index >= 15 is 0 Å². The summed E-state index contributed by atoms with van der Waals surface area (Å²) < 4.78 is 0. The second kappa shape index (κ2) is 6.73. The van der Waals surface area contributed by atoms with Crippen LogP contribution < -0.4 is 5.32 Å². The highest BCUT2D eigenvalue weighted by Gasteiger charge is 2.12. The number of hydrogen-bond donors (Lipinski definition) is 1. The zero-order valence-electron chi connectivity index (χ0n) is 10.9. The monoisotopic (exact) mass is 308 g/mol. The van der Waals surface area contributed by atoms with Crippen LogP contribution in [0.3, 0.4) is 0 Å². The van der Waals surface area contributed by atoms with Crippen molar-refractivity contribution in [2.45, 2.75) is 19.4 Å². The van der Waals surface area contributed by atoms with E-state index in [4.69, 9.17) is 23.2 Å². The van der Waals surface area contributed by atoms with Crippen LogP contribution >= 0.6 is 23.2 Å². The molecule has 1 atom stereocenters. The lowest BCUT2D eigenvalue weighted by Gasteiger charge is -2.14. The number of nitrogens with zero attached hydrogens (tertiary/aromatic N) is 1. The minimum atomic E-state index is -0.243. The van der Waals surface area contributed by atoms with Crippen molar-refractivity contribution in [3.8, 4) is 0 Å². The molecule has 2 rings (SSSR count). The number of benzene rings is 1. The number of halogens is 2. The van der Waals surface area contributed by atoms with E-state index in [-0.39, 0.29) is 11.9 Å². The smallest absolute Gasteiger partial charge is 0.270 e. The number of hydrogen-bond acceptors (Lipinski definition) is 2. The first-order valence-corrected chi connectivity index (χ1v) is 6.98. The summed E-state index contributed by atoms with van der Waals surface area (Å²) in [5, 5.41) is 3.89. The maximum atomic E-state index is 12.0. The van der Waals surface area contributed by atoms with E-state index < -0.39 is 0 Å². The van der Waals surface area contributed by atoms with Crippen molar-refractivity contribution in [1.82, 2.24) is 10.3 Å². The van der Waals surface area contributed by atoms with Crippen molar-refractivity contribution >= 4 is 29.1 Å². The minimum absolute atomic E-state index is 0.0526. The number of carbonyl (C=O) groups is 1. The highest BCUT2D eigenvalue weighted by atomic mass is 35.5. The second-order valence-corrected chi connectivity index (χ2v) is 5.31. The van der Waals surface area contributed by atoms with Crippen LogP contribution in [0.25, 0.3) is 0 Å². The van der Waals surface area contributed by atoms with E-state index in [2.05, 4.69) is 10.3 Å². The Morgan fingerprint density at radius 1 is 1.20 bits per heavy atom. The van der Waals surface area contributed by atoms with Gasteiger partial charge in [0.15, 0.2) is 0 Å². The quantitative estimate of drug-likeness (QED) is 0.874. The van der Waals surface area contributed by atoms with Gasteiger partial charge in [-0.15, -0.1) is 0 Å². The van der Waals surface area contributed by atoms with Crippen LogP contribution in [0.5, 0.6) is 0 Å². The van der Waals surface area contributed by atoms with Gasteiger partial charge in [-0.05, 0) is 37.1 Å².